The smallest absolute Gasteiger partial charge is 0.167 e. The summed E-state index contributed by atoms with van der Waals surface area (Å²) in [6.07, 6.45) is 0.752. The van der Waals surface area contributed by atoms with Crippen molar-refractivity contribution in [1.29, 1.82) is 0 Å². The normalized spacial score (nSPS) is 10.8. The van der Waals surface area contributed by atoms with Crippen molar-refractivity contribution in [2.24, 2.45) is 0 Å². The maximum absolute atomic E-state index is 12.7. The molecular formula is C31H28O4. The number of aromatic hydroxyl groups is 2. The third-order valence-electron chi connectivity index (χ3n) is 6.08. The van der Waals surface area contributed by atoms with Crippen LogP contribution in [0.25, 0.3) is 0 Å². The average Bonchev–Trinajstić information content (AvgIpc) is 2.83. The zero-order valence-corrected chi connectivity index (χ0v) is 19.9. The van der Waals surface area contributed by atoms with Gasteiger partial charge in [0.05, 0.1) is 0 Å². The van der Waals surface area contributed by atoms with Gasteiger partial charge in [0.1, 0.15) is 11.5 Å². The molecule has 0 aliphatic rings. The Balaban J connectivity index is 1.51. The minimum atomic E-state index is -0.0530. The highest BCUT2D eigenvalue weighted by atomic mass is 16.3. The van der Waals surface area contributed by atoms with Gasteiger partial charge in [0.15, 0.2) is 11.6 Å². The molecule has 4 nitrogen and oxygen atoms in total. The predicted molar refractivity (Wildman–Crippen MR) is 137 cm³/mol. The molecule has 0 amide bonds. The number of phenols is 2. The first-order valence-corrected chi connectivity index (χ1v) is 11.6. The van der Waals surface area contributed by atoms with Crippen LogP contribution in [0.5, 0.6) is 11.5 Å². The number of rotatable bonds is 8. The summed E-state index contributed by atoms with van der Waals surface area (Å²) in [4.78, 5) is 25.5. The first-order valence-electron chi connectivity index (χ1n) is 11.6. The Morgan fingerprint density at radius 3 is 1.43 bits per heavy atom. The number of benzene rings is 4. The summed E-state index contributed by atoms with van der Waals surface area (Å²) >= 11 is 0. The van der Waals surface area contributed by atoms with Gasteiger partial charge in [0.25, 0.3) is 0 Å². The lowest BCUT2D eigenvalue weighted by atomic mass is 9.95. The van der Waals surface area contributed by atoms with Gasteiger partial charge in [-0.05, 0) is 55.7 Å². The first kappa shape index (κ1) is 24.0. The van der Waals surface area contributed by atoms with E-state index in [4.69, 9.17) is 0 Å². The highest BCUT2D eigenvalue weighted by molar-refractivity contribution is 5.98. The van der Waals surface area contributed by atoms with Crippen LogP contribution in [0.15, 0.2) is 84.9 Å². The van der Waals surface area contributed by atoms with Crippen LogP contribution < -0.4 is 0 Å². The lowest BCUT2D eigenvalue weighted by Crippen LogP contribution is -2.05. The summed E-state index contributed by atoms with van der Waals surface area (Å²) < 4.78 is 0. The van der Waals surface area contributed by atoms with E-state index in [1.807, 2.05) is 74.5 Å². The van der Waals surface area contributed by atoms with Gasteiger partial charge in [0.2, 0.25) is 0 Å². The highest BCUT2D eigenvalue weighted by Crippen LogP contribution is 2.25. The molecule has 176 valence electrons. The van der Waals surface area contributed by atoms with Gasteiger partial charge in [-0.3, -0.25) is 9.59 Å². The fraction of sp³-hybridized carbons (Fsp3) is 0.161. The van der Waals surface area contributed by atoms with Crippen molar-refractivity contribution in [3.8, 4) is 11.5 Å². The molecule has 0 atom stereocenters. The maximum atomic E-state index is 12.7. The van der Waals surface area contributed by atoms with Crippen molar-refractivity contribution in [2.75, 3.05) is 0 Å². The molecule has 0 fully saturated rings. The Kier molecular flexibility index (Phi) is 7.11. The Labute approximate surface area is 205 Å². The van der Waals surface area contributed by atoms with Crippen LogP contribution in [0.1, 0.15) is 54.1 Å². The molecule has 0 aliphatic carbocycles. The van der Waals surface area contributed by atoms with Crippen LogP contribution in [0, 0.1) is 13.8 Å². The third kappa shape index (κ3) is 6.04. The quantitative estimate of drug-likeness (QED) is 0.307. The van der Waals surface area contributed by atoms with E-state index >= 15 is 0 Å². The molecule has 4 aromatic carbocycles. The van der Waals surface area contributed by atoms with Crippen molar-refractivity contribution >= 4 is 11.6 Å². The summed E-state index contributed by atoms with van der Waals surface area (Å²) in [5, 5.41) is 20.7. The Bertz CT molecular complexity index is 1290. The SMILES string of the molecule is Cc1cccc(C(=O)Cc2cc(Cc3ccc(O)c(CC(=O)c4cccc(C)c4)c3)ccc2O)c1. The summed E-state index contributed by atoms with van der Waals surface area (Å²) in [6, 6.07) is 25.4. The molecule has 2 N–H and O–H groups in total. The maximum Gasteiger partial charge on any atom is 0.167 e. The summed E-state index contributed by atoms with van der Waals surface area (Å²) in [6.45, 7) is 3.88. The molecule has 0 bridgehead atoms. The Morgan fingerprint density at radius 1 is 0.600 bits per heavy atom. The van der Waals surface area contributed by atoms with Crippen LogP contribution in [-0.4, -0.2) is 21.8 Å². The molecule has 0 spiro atoms. The number of aryl methyl sites for hydroxylation is 2. The van der Waals surface area contributed by atoms with Crippen LogP contribution in [0.2, 0.25) is 0 Å². The topological polar surface area (TPSA) is 74.6 Å². The standard InChI is InChI=1S/C31H28O4/c1-20-5-3-7-24(13-20)30(34)18-26-16-22(9-11-28(26)32)15-23-10-12-29(33)27(17-23)19-31(35)25-8-4-6-21(2)14-25/h3-14,16-17,32-33H,15,18-19H2,1-2H3. The number of Topliss-reactive ketones (excluding diaryl/α,β-unsaturated/α-hetero) is 2. The number of carbonyl (C=O) groups is 2. The van der Waals surface area contributed by atoms with E-state index in [1.165, 1.54) is 0 Å². The molecule has 0 saturated carbocycles. The van der Waals surface area contributed by atoms with Gasteiger partial charge in [-0.15, -0.1) is 0 Å². The number of carbonyl (C=O) groups excluding carboxylic acids is 2. The van der Waals surface area contributed by atoms with Gasteiger partial charge in [-0.25, -0.2) is 0 Å². The molecule has 0 unspecified atom stereocenters. The van der Waals surface area contributed by atoms with Gasteiger partial charge < -0.3 is 10.2 Å². The molecule has 4 rings (SSSR count). The van der Waals surface area contributed by atoms with E-state index in [9.17, 15) is 19.8 Å². The second kappa shape index (κ2) is 10.4. The third-order valence-corrected chi connectivity index (χ3v) is 6.08. The van der Waals surface area contributed by atoms with Gasteiger partial charge in [-0.1, -0.05) is 71.8 Å². The van der Waals surface area contributed by atoms with Crippen LogP contribution >= 0.6 is 0 Å². The number of phenolic OH excluding ortho intramolecular Hbond substituents is 2. The molecule has 0 aliphatic heterocycles. The first-order chi connectivity index (χ1) is 16.8. The molecule has 0 aromatic heterocycles. The fourth-order valence-electron chi connectivity index (χ4n) is 4.20. The van der Waals surface area contributed by atoms with E-state index in [-0.39, 0.29) is 35.9 Å². The van der Waals surface area contributed by atoms with E-state index < -0.39 is 0 Å². The molecular weight excluding hydrogens is 436 g/mol. The van der Waals surface area contributed by atoms with E-state index in [0.29, 0.717) is 28.7 Å². The van der Waals surface area contributed by atoms with Gasteiger partial charge >= 0.3 is 0 Å². The van der Waals surface area contributed by atoms with Crippen molar-refractivity contribution in [1.82, 2.24) is 0 Å². The zero-order chi connectivity index (χ0) is 24.9. The molecule has 0 radical (unpaired) electrons. The molecule has 0 heterocycles. The van der Waals surface area contributed by atoms with Crippen LogP contribution in [0.3, 0.4) is 0 Å². The number of hydrogen-bond acceptors (Lipinski definition) is 4. The second-order valence-electron chi connectivity index (χ2n) is 9.04. The minimum Gasteiger partial charge on any atom is -0.508 e. The van der Waals surface area contributed by atoms with Gasteiger partial charge in [-0.2, -0.15) is 0 Å². The summed E-state index contributed by atoms with van der Waals surface area (Å²) in [7, 11) is 0. The van der Waals surface area contributed by atoms with Crippen molar-refractivity contribution in [3.63, 3.8) is 0 Å². The van der Waals surface area contributed by atoms with Crippen molar-refractivity contribution in [3.05, 3.63) is 129 Å². The van der Waals surface area contributed by atoms with E-state index in [1.54, 1.807) is 24.3 Å². The number of hydrogen-bond donors (Lipinski definition) is 2. The van der Waals surface area contributed by atoms with Crippen LogP contribution in [-0.2, 0) is 19.3 Å². The monoisotopic (exact) mass is 464 g/mol. The van der Waals surface area contributed by atoms with Gasteiger partial charge in [0, 0.05) is 35.1 Å². The fourth-order valence-corrected chi connectivity index (χ4v) is 4.20. The van der Waals surface area contributed by atoms with Crippen molar-refractivity contribution < 1.29 is 19.8 Å². The molecule has 35 heavy (non-hydrogen) atoms. The Morgan fingerprint density at radius 2 is 1.03 bits per heavy atom. The number of ketones is 2. The predicted octanol–water partition coefficient (Wildman–Crippen LogP) is 6.16. The largest absolute Gasteiger partial charge is 0.508 e. The lowest BCUT2D eigenvalue weighted by Gasteiger charge is -2.11. The average molecular weight is 465 g/mol. The molecule has 0 saturated heterocycles. The molecule has 4 aromatic rings. The highest BCUT2D eigenvalue weighted by Gasteiger charge is 2.14. The Hall–Kier alpha value is -4.18. The van der Waals surface area contributed by atoms with Crippen LogP contribution in [0.4, 0.5) is 0 Å². The van der Waals surface area contributed by atoms with E-state index in [2.05, 4.69) is 0 Å². The van der Waals surface area contributed by atoms with E-state index in [0.717, 1.165) is 22.3 Å². The minimum absolute atomic E-state index is 0.0530. The summed E-state index contributed by atoms with van der Waals surface area (Å²) in [5.41, 5.74) is 6.27. The van der Waals surface area contributed by atoms with Crippen molar-refractivity contribution in [2.45, 2.75) is 33.1 Å². The molecule has 4 heteroatoms. The zero-order valence-electron chi connectivity index (χ0n) is 19.9. The summed E-state index contributed by atoms with van der Waals surface area (Å²) in [5.74, 6) is 0.0697. The second-order valence-corrected chi connectivity index (χ2v) is 9.04. The lowest BCUT2D eigenvalue weighted by molar-refractivity contribution is 0.0984.